The highest BCUT2D eigenvalue weighted by Crippen LogP contribution is 2.18. The van der Waals surface area contributed by atoms with Crippen LogP contribution >= 0.6 is 12.6 Å². The maximum Gasteiger partial charge on any atom is 0.228 e. The number of carbonyl (C=O) groups is 1. The second-order valence-corrected chi connectivity index (χ2v) is 5.91. The lowest BCUT2D eigenvalue weighted by Gasteiger charge is -2.37. The normalized spacial score (nSPS) is 18.9. The topological polar surface area (TPSA) is 23.6 Å². The highest BCUT2D eigenvalue weighted by molar-refractivity contribution is 7.80. The zero-order valence-electron chi connectivity index (χ0n) is 10.7. The molecule has 3 nitrogen and oxygen atoms in total. The SMILES string of the molecule is CC(C)(C)C(=O)N1CCN(CCCS)CC1. The summed E-state index contributed by atoms with van der Waals surface area (Å²) >= 11 is 4.22. The minimum atomic E-state index is -0.243. The fraction of sp³-hybridized carbons (Fsp3) is 0.917. The van der Waals surface area contributed by atoms with E-state index in [-0.39, 0.29) is 11.3 Å². The molecule has 1 heterocycles. The van der Waals surface area contributed by atoms with E-state index in [2.05, 4.69) is 17.5 Å². The average molecular weight is 244 g/mol. The summed E-state index contributed by atoms with van der Waals surface area (Å²) in [5.41, 5.74) is -0.243. The van der Waals surface area contributed by atoms with Crippen LogP contribution in [-0.2, 0) is 4.79 Å². The van der Waals surface area contributed by atoms with Gasteiger partial charge in [0.1, 0.15) is 0 Å². The van der Waals surface area contributed by atoms with Crippen LogP contribution in [0.25, 0.3) is 0 Å². The lowest BCUT2D eigenvalue weighted by atomic mass is 9.94. The molecule has 1 rings (SSSR count). The van der Waals surface area contributed by atoms with E-state index in [0.29, 0.717) is 0 Å². The smallest absolute Gasteiger partial charge is 0.228 e. The molecule has 1 amide bonds. The Morgan fingerprint density at radius 2 is 1.75 bits per heavy atom. The molecule has 16 heavy (non-hydrogen) atoms. The first-order valence-electron chi connectivity index (χ1n) is 6.08. The highest BCUT2D eigenvalue weighted by Gasteiger charge is 2.29. The fourth-order valence-electron chi connectivity index (χ4n) is 1.94. The molecule has 0 radical (unpaired) electrons. The van der Waals surface area contributed by atoms with Gasteiger partial charge in [-0.3, -0.25) is 9.69 Å². The summed E-state index contributed by atoms with van der Waals surface area (Å²) in [7, 11) is 0. The monoisotopic (exact) mass is 244 g/mol. The van der Waals surface area contributed by atoms with Crippen LogP contribution < -0.4 is 0 Å². The van der Waals surface area contributed by atoms with Crippen LogP contribution in [0, 0.1) is 5.41 Å². The lowest BCUT2D eigenvalue weighted by molar-refractivity contribution is -0.141. The molecule has 0 unspecified atom stereocenters. The number of amides is 1. The van der Waals surface area contributed by atoms with Crippen LogP contribution in [0.5, 0.6) is 0 Å². The maximum absolute atomic E-state index is 12.0. The zero-order valence-corrected chi connectivity index (χ0v) is 11.6. The van der Waals surface area contributed by atoms with E-state index in [9.17, 15) is 4.79 Å². The van der Waals surface area contributed by atoms with Gasteiger partial charge >= 0.3 is 0 Å². The van der Waals surface area contributed by atoms with Gasteiger partial charge in [0.2, 0.25) is 5.91 Å². The molecule has 0 aromatic heterocycles. The number of thiol groups is 1. The van der Waals surface area contributed by atoms with E-state index >= 15 is 0 Å². The third kappa shape index (κ3) is 3.98. The molecule has 1 fully saturated rings. The summed E-state index contributed by atoms with van der Waals surface area (Å²) in [6.07, 6.45) is 1.14. The van der Waals surface area contributed by atoms with Gasteiger partial charge in [-0.2, -0.15) is 12.6 Å². The third-order valence-corrected chi connectivity index (χ3v) is 3.25. The highest BCUT2D eigenvalue weighted by atomic mass is 32.1. The molecule has 1 aliphatic heterocycles. The summed E-state index contributed by atoms with van der Waals surface area (Å²) in [5, 5.41) is 0. The quantitative estimate of drug-likeness (QED) is 0.761. The molecule has 1 saturated heterocycles. The third-order valence-electron chi connectivity index (χ3n) is 2.93. The summed E-state index contributed by atoms with van der Waals surface area (Å²) in [5.74, 6) is 1.22. The van der Waals surface area contributed by atoms with Crippen LogP contribution in [0.3, 0.4) is 0 Å². The van der Waals surface area contributed by atoms with Crippen molar-refractivity contribution >= 4 is 18.5 Å². The van der Waals surface area contributed by atoms with E-state index in [1.165, 1.54) is 0 Å². The lowest BCUT2D eigenvalue weighted by Crippen LogP contribution is -2.51. The Morgan fingerprint density at radius 3 is 2.19 bits per heavy atom. The van der Waals surface area contributed by atoms with E-state index in [1.807, 2.05) is 25.7 Å². The van der Waals surface area contributed by atoms with Gasteiger partial charge in [-0.05, 0) is 18.7 Å². The van der Waals surface area contributed by atoms with Crippen molar-refractivity contribution in [1.29, 1.82) is 0 Å². The molecule has 0 aromatic rings. The Balaban J connectivity index is 2.34. The van der Waals surface area contributed by atoms with Crippen molar-refractivity contribution in [2.75, 3.05) is 38.5 Å². The summed E-state index contributed by atoms with van der Waals surface area (Å²) < 4.78 is 0. The molecular formula is C12H24N2OS. The molecule has 0 N–H and O–H groups in total. The van der Waals surface area contributed by atoms with Gasteiger partial charge in [0.15, 0.2) is 0 Å². The van der Waals surface area contributed by atoms with Crippen molar-refractivity contribution < 1.29 is 4.79 Å². The Kier molecular flexibility index (Phi) is 5.12. The first-order chi connectivity index (χ1) is 7.45. The van der Waals surface area contributed by atoms with Crippen LogP contribution in [-0.4, -0.2) is 54.2 Å². The average Bonchev–Trinajstić information content (AvgIpc) is 2.25. The number of carbonyl (C=O) groups excluding carboxylic acids is 1. The molecule has 0 bridgehead atoms. The first kappa shape index (κ1) is 13.8. The predicted molar refractivity (Wildman–Crippen MR) is 70.9 cm³/mol. The van der Waals surface area contributed by atoms with Crippen molar-refractivity contribution in [2.24, 2.45) is 5.41 Å². The molecule has 0 aliphatic carbocycles. The van der Waals surface area contributed by atoms with Gasteiger partial charge in [-0.25, -0.2) is 0 Å². The fourth-order valence-corrected chi connectivity index (χ4v) is 2.08. The summed E-state index contributed by atoms with van der Waals surface area (Å²) in [4.78, 5) is 16.5. The molecule has 94 valence electrons. The van der Waals surface area contributed by atoms with Crippen molar-refractivity contribution in [2.45, 2.75) is 27.2 Å². The minimum Gasteiger partial charge on any atom is -0.340 e. The van der Waals surface area contributed by atoms with E-state index < -0.39 is 0 Å². The number of hydrogen-bond donors (Lipinski definition) is 1. The number of piperazine rings is 1. The van der Waals surface area contributed by atoms with Crippen LogP contribution in [0.4, 0.5) is 0 Å². The van der Waals surface area contributed by atoms with Crippen molar-refractivity contribution in [3.8, 4) is 0 Å². The molecule has 0 aromatic carbocycles. The number of hydrogen-bond acceptors (Lipinski definition) is 3. The molecule has 4 heteroatoms. The van der Waals surface area contributed by atoms with E-state index in [4.69, 9.17) is 0 Å². The van der Waals surface area contributed by atoms with Gasteiger partial charge in [-0.1, -0.05) is 20.8 Å². The van der Waals surface area contributed by atoms with Gasteiger partial charge in [-0.15, -0.1) is 0 Å². The Morgan fingerprint density at radius 1 is 1.19 bits per heavy atom. The predicted octanol–water partition coefficient (Wildman–Crippen LogP) is 1.50. The second kappa shape index (κ2) is 5.92. The van der Waals surface area contributed by atoms with Gasteiger partial charge in [0, 0.05) is 31.6 Å². The standard InChI is InChI=1S/C12H24N2OS/c1-12(2,3)11(15)14-8-6-13(7-9-14)5-4-10-16/h16H,4-10H2,1-3H3. The molecule has 0 saturated carbocycles. The van der Waals surface area contributed by atoms with Crippen molar-refractivity contribution in [1.82, 2.24) is 9.80 Å². The Hall–Kier alpha value is -0.220. The number of nitrogens with zero attached hydrogens (tertiary/aromatic N) is 2. The molecule has 0 spiro atoms. The van der Waals surface area contributed by atoms with Gasteiger partial charge < -0.3 is 4.90 Å². The Bertz CT molecular complexity index is 230. The summed E-state index contributed by atoms with van der Waals surface area (Å²) in [6.45, 7) is 10.9. The van der Waals surface area contributed by atoms with Crippen molar-refractivity contribution in [3.05, 3.63) is 0 Å². The molecule has 1 aliphatic rings. The maximum atomic E-state index is 12.0. The van der Waals surface area contributed by atoms with Crippen LogP contribution in [0.1, 0.15) is 27.2 Å². The second-order valence-electron chi connectivity index (χ2n) is 5.46. The molecular weight excluding hydrogens is 220 g/mol. The van der Waals surface area contributed by atoms with Gasteiger partial charge in [0.05, 0.1) is 0 Å². The first-order valence-corrected chi connectivity index (χ1v) is 6.71. The Labute approximate surface area is 105 Å². The number of rotatable bonds is 3. The summed E-state index contributed by atoms with van der Waals surface area (Å²) in [6, 6.07) is 0. The largest absolute Gasteiger partial charge is 0.340 e. The zero-order chi connectivity index (χ0) is 12.2. The van der Waals surface area contributed by atoms with Crippen LogP contribution in [0.2, 0.25) is 0 Å². The van der Waals surface area contributed by atoms with Crippen LogP contribution in [0.15, 0.2) is 0 Å². The van der Waals surface area contributed by atoms with E-state index in [0.717, 1.165) is 44.9 Å². The minimum absolute atomic E-state index is 0.243. The van der Waals surface area contributed by atoms with Gasteiger partial charge in [0.25, 0.3) is 0 Å². The van der Waals surface area contributed by atoms with E-state index in [1.54, 1.807) is 0 Å². The molecule has 0 atom stereocenters. The van der Waals surface area contributed by atoms with Crippen molar-refractivity contribution in [3.63, 3.8) is 0 Å².